The Balaban J connectivity index is 0.000000160. The fraction of sp³-hybridized carbons (Fsp3) is 0.102. The third kappa shape index (κ3) is 8.14. The molecule has 6 heterocycles. The van der Waals surface area contributed by atoms with E-state index in [1.54, 1.807) is 36.0 Å². The lowest BCUT2D eigenvalue weighted by Crippen LogP contribution is -2.04. The van der Waals surface area contributed by atoms with Crippen molar-refractivity contribution in [2.24, 2.45) is 14.1 Å². The molecular formula is C49H39N13S. The van der Waals surface area contributed by atoms with Gasteiger partial charge < -0.3 is 25.1 Å². The summed E-state index contributed by atoms with van der Waals surface area (Å²) >= 11 is 1.61. The van der Waals surface area contributed by atoms with E-state index in [-0.39, 0.29) is 0 Å². The topological polar surface area (TPSA) is 171 Å². The van der Waals surface area contributed by atoms with Crippen molar-refractivity contribution in [2.75, 3.05) is 16.0 Å². The maximum absolute atomic E-state index is 9.03. The Bertz CT molecular complexity index is 3430. The highest BCUT2D eigenvalue weighted by Gasteiger charge is 2.17. The van der Waals surface area contributed by atoms with Crippen LogP contribution in [0.1, 0.15) is 27.8 Å². The van der Waals surface area contributed by atoms with Gasteiger partial charge in [0.25, 0.3) is 0 Å². The minimum Gasteiger partial charge on any atom is -0.347 e. The Morgan fingerprint density at radius 2 is 1.16 bits per heavy atom. The number of benzene rings is 4. The van der Waals surface area contributed by atoms with Gasteiger partial charge in [-0.2, -0.15) is 15.5 Å². The van der Waals surface area contributed by atoms with Crippen molar-refractivity contribution in [3.8, 4) is 12.1 Å². The van der Waals surface area contributed by atoms with E-state index in [9.17, 15) is 0 Å². The molecule has 4 aromatic carbocycles. The lowest BCUT2D eigenvalue weighted by Gasteiger charge is -2.14. The predicted octanol–water partition coefficient (Wildman–Crippen LogP) is 11.1. The average molecular weight is 842 g/mol. The number of aromatic nitrogens is 8. The Labute approximate surface area is 367 Å². The SMILES string of the molecule is Cc1ccc(Nc2nc(Nc3ccc(C#N)cc3)nc3c(C)cn(C)c23)c2cnccc12.Cc1ccc(Sc2nc(Nc3ccc(C#N)cc3)nc3ccn(C)c23)c2cnccc12. The Kier molecular flexibility index (Phi) is 10.8. The molecule has 13 nitrogen and oxygen atoms in total. The summed E-state index contributed by atoms with van der Waals surface area (Å²) in [6, 6.07) is 33.2. The van der Waals surface area contributed by atoms with Crippen LogP contribution in [0.3, 0.4) is 0 Å². The van der Waals surface area contributed by atoms with Crippen LogP contribution < -0.4 is 16.0 Å². The first kappa shape index (κ1) is 40.1. The van der Waals surface area contributed by atoms with E-state index < -0.39 is 0 Å². The molecule has 10 rings (SSSR count). The Hall–Kier alpha value is -8.33. The lowest BCUT2D eigenvalue weighted by molar-refractivity contribution is 0.938. The van der Waals surface area contributed by atoms with Crippen LogP contribution in [0.5, 0.6) is 0 Å². The number of nitriles is 2. The predicted molar refractivity (Wildman–Crippen MR) is 251 cm³/mol. The highest BCUT2D eigenvalue weighted by molar-refractivity contribution is 7.99. The van der Waals surface area contributed by atoms with Gasteiger partial charge in [0.1, 0.15) is 10.5 Å². The Morgan fingerprint density at radius 1 is 0.556 bits per heavy atom. The highest BCUT2D eigenvalue weighted by atomic mass is 32.2. The summed E-state index contributed by atoms with van der Waals surface area (Å²) in [6.45, 7) is 6.24. The summed E-state index contributed by atoms with van der Waals surface area (Å²) in [5.41, 5.74) is 10.9. The van der Waals surface area contributed by atoms with Gasteiger partial charge in [-0.3, -0.25) is 9.97 Å². The first-order valence-electron chi connectivity index (χ1n) is 20.0. The number of fused-ring (bicyclic) bond motifs is 4. The second-order valence-electron chi connectivity index (χ2n) is 15.0. The molecule has 3 N–H and O–H groups in total. The van der Waals surface area contributed by atoms with Crippen molar-refractivity contribution in [2.45, 2.75) is 30.7 Å². The average Bonchev–Trinajstić information content (AvgIpc) is 3.83. The number of rotatable bonds is 8. The van der Waals surface area contributed by atoms with Crippen molar-refractivity contribution in [3.63, 3.8) is 0 Å². The molecule has 0 atom stereocenters. The molecule has 0 fully saturated rings. The van der Waals surface area contributed by atoms with E-state index in [1.807, 2.05) is 110 Å². The normalized spacial score (nSPS) is 11.0. The van der Waals surface area contributed by atoms with Crippen LogP contribution in [0, 0.1) is 43.4 Å². The molecule has 0 unspecified atom stereocenters. The fourth-order valence-electron chi connectivity index (χ4n) is 7.51. The van der Waals surface area contributed by atoms with Crippen molar-refractivity contribution in [1.29, 1.82) is 10.5 Å². The molecule has 0 bridgehead atoms. The zero-order valence-corrected chi connectivity index (χ0v) is 35.8. The van der Waals surface area contributed by atoms with Gasteiger partial charge in [0, 0.05) is 84.0 Å². The molecular weight excluding hydrogens is 803 g/mol. The molecule has 6 aromatic heterocycles. The van der Waals surface area contributed by atoms with Crippen LogP contribution in [0.15, 0.2) is 138 Å². The summed E-state index contributed by atoms with van der Waals surface area (Å²) in [7, 11) is 3.99. The van der Waals surface area contributed by atoms with E-state index in [0.29, 0.717) is 28.8 Å². The number of nitrogens with one attached hydrogen (secondary N) is 3. The van der Waals surface area contributed by atoms with Crippen LogP contribution in [0.4, 0.5) is 34.8 Å². The number of pyridine rings is 2. The molecule has 0 aliphatic carbocycles. The summed E-state index contributed by atoms with van der Waals surface area (Å²) in [4.78, 5) is 28.8. The molecule has 306 valence electrons. The van der Waals surface area contributed by atoms with Crippen molar-refractivity contribution in [3.05, 3.63) is 156 Å². The molecule has 0 aliphatic rings. The second kappa shape index (κ2) is 17.0. The van der Waals surface area contributed by atoms with E-state index >= 15 is 0 Å². The second-order valence-corrected chi connectivity index (χ2v) is 16.1. The Morgan fingerprint density at radius 3 is 1.81 bits per heavy atom. The largest absolute Gasteiger partial charge is 0.347 e. The van der Waals surface area contributed by atoms with Gasteiger partial charge in [0.15, 0.2) is 5.82 Å². The van der Waals surface area contributed by atoms with Crippen LogP contribution in [0.25, 0.3) is 43.6 Å². The minimum absolute atomic E-state index is 0.480. The van der Waals surface area contributed by atoms with Gasteiger partial charge in [-0.25, -0.2) is 15.0 Å². The zero-order chi connectivity index (χ0) is 43.6. The number of anilines is 6. The third-order valence-electron chi connectivity index (χ3n) is 10.7. The van der Waals surface area contributed by atoms with Gasteiger partial charge in [-0.1, -0.05) is 23.9 Å². The number of nitrogens with zero attached hydrogens (tertiary/aromatic N) is 10. The smallest absolute Gasteiger partial charge is 0.229 e. The highest BCUT2D eigenvalue weighted by Crippen LogP contribution is 2.38. The van der Waals surface area contributed by atoms with Gasteiger partial charge in [0.2, 0.25) is 11.9 Å². The molecule has 0 aliphatic heterocycles. The molecule has 0 amide bonds. The minimum atomic E-state index is 0.480. The molecule has 0 saturated carbocycles. The van der Waals surface area contributed by atoms with Crippen LogP contribution >= 0.6 is 11.8 Å². The number of aryl methyl sites for hydroxylation is 5. The van der Waals surface area contributed by atoms with Crippen LogP contribution in [-0.4, -0.2) is 39.0 Å². The molecule has 0 spiro atoms. The first-order chi connectivity index (χ1) is 30.6. The lowest BCUT2D eigenvalue weighted by atomic mass is 10.1. The maximum atomic E-state index is 9.03. The van der Waals surface area contributed by atoms with E-state index in [0.717, 1.165) is 70.8 Å². The summed E-state index contributed by atoms with van der Waals surface area (Å²) in [6.07, 6.45) is 11.4. The van der Waals surface area contributed by atoms with Gasteiger partial charge in [-0.15, -0.1) is 0 Å². The van der Waals surface area contributed by atoms with Crippen LogP contribution in [-0.2, 0) is 14.1 Å². The molecule has 10 aromatic rings. The molecule has 0 saturated heterocycles. The van der Waals surface area contributed by atoms with E-state index in [2.05, 4.69) is 81.2 Å². The van der Waals surface area contributed by atoms with E-state index in [1.165, 1.54) is 16.5 Å². The summed E-state index contributed by atoms with van der Waals surface area (Å²) in [5, 5.41) is 33.4. The zero-order valence-electron chi connectivity index (χ0n) is 35.0. The van der Waals surface area contributed by atoms with Crippen molar-refractivity contribution < 1.29 is 0 Å². The van der Waals surface area contributed by atoms with Gasteiger partial charge in [-0.05, 0) is 127 Å². The number of hydrogen-bond donors (Lipinski definition) is 3. The first-order valence-corrected chi connectivity index (χ1v) is 20.8. The quantitative estimate of drug-likeness (QED) is 0.124. The van der Waals surface area contributed by atoms with Crippen molar-refractivity contribution >= 4 is 90.2 Å². The molecule has 63 heavy (non-hydrogen) atoms. The van der Waals surface area contributed by atoms with Crippen LogP contribution in [0.2, 0.25) is 0 Å². The standard InChI is InChI=1S/C25H21N7.C24H18N6S/c1-15-4-9-21(20-13-27-11-10-19(15)20)29-24-23-22(16(2)14-32(23)3)30-25(31-24)28-18-7-5-17(12-26)6-8-18;1-15-3-8-21(19-14-26-11-9-18(15)19)31-23-22-20(10-12-30(22)2)28-24(29-23)27-17-6-4-16(13-25)5-7-17/h4-11,13-14H,1-3H3,(H2,28,29,30,31);3-12,14H,1-2H3,(H,27,28,29). The van der Waals surface area contributed by atoms with E-state index in [4.69, 9.17) is 25.5 Å². The summed E-state index contributed by atoms with van der Waals surface area (Å²) < 4.78 is 4.07. The fourth-order valence-corrected chi connectivity index (χ4v) is 8.60. The maximum Gasteiger partial charge on any atom is 0.229 e. The number of hydrogen-bond acceptors (Lipinski definition) is 12. The van der Waals surface area contributed by atoms with Crippen molar-refractivity contribution in [1.82, 2.24) is 39.0 Å². The molecule has 14 heteroatoms. The summed E-state index contributed by atoms with van der Waals surface area (Å²) in [5.74, 6) is 1.70. The third-order valence-corrected chi connectivity index (χ3v) is 11.8. The van der Waals surface area contributed by atoms with Gasteiger partial charge in [0.05, 0.1) is 39.8 Å². The monoisotopic (exact) mass is 841 g/mol. The molecule has 0 radical (unpaired) electrons. The van der Waals surface area contributed by atoms with Gasteiger partial charge >= 0.3 is 0 Å².